The van der Waals surface area contributed by atoms with Crippen molar-refractivity contribution in [1.82, 2.24) is 0 Å². The van der Waals surface area contributed by atoms with Crippen molar-refractivity contribution in [2.24, 2.45) is 0 Å². The summed E-state index contributed by atoms with van der Waals surface area (Å²) < 4.78 is 33.3. The highest BCUT2D eigenvalue weighted by Gasteiger charge is 2.12. The standard InChI is InChI=1S/C25H54O6Si/c1-5-6-7-8-9-10-11-12-13-14-15-26-16-17-27-18-19-28-20-21-29-22-23-30-24-25-31-32(2,3)4/h5-25H2,1-4H3. The third-order valence-corrected chi connectivity index (χ3v) is 5.96. The molecule has 0 fully saturated rings. The Balaban J connectivity index is 3.02. The van der Waals surface area contributed by atoms with E-state index in [4.69, 9.17) is 28.1 Å². The molecule has 0 aromatic heterocycles. The monoisotopic (exact) mass is 478 g/mol. The summed E-state index contributed by atoms with van der Waals surface area (Å²) in [5.41, 5.74) is 0. The molecule has 7 heteroatoms. The minimum atomic E-state index is -1.42. The molecular formula is C25H54O6Si. The fraction of sp³-hybridized carbons (Fsp3) is 1.00. The molecule has 6 nitrogen and oxygen atoms in total. The van der Waals surface area contributed by atoms with Gasteiger partial charge in [0.1, 0.15) is 0 Å². The van der Waals surface area contributed by atoms with E-state index >= 15 is 0 Å². The van der Waals surface area contributed by atoms with Gasteiger partial charge in [-0.1, -0.05) is 64.7 Å². The highest BCUT2D eigenvalue weighted by atomic mass is 28.4. The van der Waals surface area contributed by atoms with Crippen LogP contribution in [0.1, 0.15) is 71.1 Å². The average Bonchev–Trinajstić information content (AvgIpc) is 2.75. The summed E-state index contributed by atoms with van der Waals surface area (Å²) in [5.74, 6) is 0. The van der Waals surface area contributed by atoms with Crippen LogP contribution in [0.4, 0.5) is 0 Å². The molecule has 0 bridgehead atoms. The molecule has 0 amide bonds. The van der Waals surface area contributed by atoms with Crippen molar-refractivity contribution in [3.05, 3.63) is 0 Å². The van der Waals surface area contributed by atoms with Crippen molar-refractivity contribution in [3.8, 4) is 0 Å². The lowest BCUT2D eigenvalue weighted by molar-refractivity contribution is -0.0130. The van der Waals surface area contributed by atoms with E-state index in [0.717, 1.165) is 13.0 Å². The zero-order valence-electron chi connectivity index (χ0n) is 21.8. The number of hydrogen-bond donors (Lipinski definition) is 0. The molecule has 0 atom stereocenters. The minimum Gasteiger partial charge on any atom is -0.415 e. The van der Waals surface area contributed by atoms with E-state index in [1.807, 2.05) is 0 Å². The molecule has 0 rings (SSSR count). The average molecular weight is 479 g/mol. The molecule has 32 heavy (non-hydrogen) atoms. The molecule has 194 valence electrons. The van der Waals surface area contributed by atoms with Crippen molar-refractivity contribution in [3.63, 3.8) is 0 Å². The summed E-state index contributed by atoms with van der Waals surface area (Å²) in [6, 6.07) is 0. The van der Waals surface area contributed by atoms with Crippen molar-refractivity contribution in [1.29, 1.82) is 0 Å². The molecule has 0 aliphatic rings. The zero-order valence-corrected chi connectivity index (χ0v) is 22.8. The van der Waals surface area contributed by atoms with Crippen LogP contribution in [0.25, 0.3) is 0 Å². The lowest BCUT2D eigenvalue weighted by Gasteiger charge is -2.16. The second kappa shape index (κ2) is 25.6. The molecule has 0 radical (unpaired) electrons. The van der Waals surface area contributed by atoms with E-state index in [-0.39, 0.29) is 0 Å². The van der Waals surface area contributed by atoms with E-state index < -0.39 is 8.32 Å². The van der Waals surface area contributed by atoms with Gasteiger partial charge >= 0.3 is 0 Å². The molecule has 0 heterocycles. The smallest absolute Gasteiger partial charge is 0.183 e. The van der Waals surface area contributed by atoms with Crippen molar-refractivity contribution in [2.75, 3.05) is 72.7 Å². The van der Waals surface area contributed by atoms with Crippen LogP contribution in [0.15, 0.2) is 0 Å². The molecule has 0 saturated carbocycles. The third-order valence-electron chi connectivity index (χ3n) is 4.89. The van der Waals surface area contributed by atoms with Gasteiger partial charge in [0.25, 0.3) is 0 Å². The summed E-state index contributed by atoms with van der Waals surface area (Å²) in [4.78, 5) is 0. The first kappa shape index (κ1) is 32.0. The van der Waals surface area contributed by atoms with E-state index in [2.05, 4.69) is 26.6 Å². The molecule has 0 saturated heterocycles. The molecule has 0 aromatic rings. The number of ether oxygens (including phenoxy) is 5. The van der Waals surface area contributed by atoms with Gasteiger partial charge in [0, 0.05) is 6.61 Å². The lowest BCUT2D eigenvalue weighted by atomic mass is 10.1. The fourth-order valence-electron chi connectivity index (χ4n) is 3.08. The Labute approximate surface area is 200 Å². The third kappa shape index (κ3) is 30.0. The molecule has 0 N–H and O–H groups in total. The Hall–Kier alpha value is -0.0231. The van der Waals surface area contributed by atoms with Crippen LogP contribution in [-0.2, 0) is 28.1 Å². The van der Waals surface area contributed by atoms with Crippen LogP contribution in [-0.4, -0.2) is 81.0 Å². The maximum atomic E-state index is 5.71. The van der Waals surface area contributed by atoms with Gasteiger partial charge in [-0.25, -0.2) is 0 Å². The summed E-state index contributed by atoms with van der Waals surface area (Å²) in [6.07, 6.45) is 13.5. The summed E-state index contributed by atoms with van der Waals surface area (Å²) in [7, 11) is -1.42. The minimum absolute atomic E-state index is 0.580. The van der Waals surface area contributed by atoms with Gasteiger partial charge in [-0.15, -0.1) is 0 Å². The van der Waals surface area contributed by atoms with Gasteiger partial charge in [-0.05, 0) is 26.1 Å². The SMILES string of the molecule is CCCCCCCCCCCCOCCOCCOCCOCCOCCO[Si](C)(C)C. The molecule has 0 aromatic carbocycles. The quantitative estimate of drug-likeness (QED) is 0.109. The highest BCUT2D eigenvalue weighted by molar-refractivity contribution is 6.69. The highest BCUT2D eigenvalue weighted by Crippen LogP contribution is 2.10. The Kier molecular flexibility index (Phi) is 25.6. The second-order valence-electron chi connectivity index (χ2n) is 9.20. The lowest BCUT2D eigenvalue weighted by Crippen LogP contribution is -2.27. The van der Waals surface area contributed by atoms with Crippen molar-refractivity contribution < 1.29 is 28.1 Å². The summed E-state index contributed by atoms with van der Waals surface area (Å²) in [6.45, 7) is 15.8. The molecule has 0 aliphatic carbocycles. The Bertz CT molecular complexity index is 352. The first-order chi connectivity index (χ1) is 15.6. The molecule has 0 spiro atoms. The summed E-state index contributed by atoms with van der Waals surface area (Å²) in [5, 5.41) is 0. The second-order valence-corrected chi connectivity index (χ2v) is 13.7. The Morgan fingerprint density at radius 2 is 0.688 bits per heavy atom. The topological polar surface area (TPSA) is 55.4 Å². The van der Waals surface area contributed by atoms with E-state index in [0.29, 0.717) is 66.1 Å². The van der Waals surface area contributed by atoms with Gasteiger partial charge in [-0.2, -0.15) is 0 Å². The maximum absolute atomic E-state index is 5.71. The predicted octanol–water partition coefficient (Wildman–Crippen LogP) is 5.84. The number of unbranched alkanes of at least 4 members (excludes halogenated alkanes) is 9. The summed E-state index contributed by atoms with van der Waals surface area (Å²) >= 11 is 0. The normalized spacial score (nSPS) is 12.0. The Morgan fingerprint density at radius 1 is 0.375 bits per heavy atom. The fourth-order valence-corrected chi connectivity index (χ4v) is 3.78. The van der Waals surface area contributed by atoms with Crippen molar-refractivity contribution in [2.45, 2.75) is 90.8 Å². The van der Waals surface area contributed by atoms with Crippen LogP contribution in [0, 0.1) is 0 Å². The van der Waals surface area contributed by atoms with Gasteiger partial charge in [-0.3, -0.25) is 0 Å². The van der Waals surface area contributed by atoms with Gasteiger partial charge in [0.15, 0.2) is 8.32 Å². The van der Waals surface area contributed by atoms with Gasteiger partial charge in [0.2, 0.25) is 0 Å². The first-order valence-electron chi connectivity index (χ1n) is 13.1. The van der Waals surface area contributed by atoms with Gasteiger partial charge < -0.3 is 28.1 Å². The van der Waals surface area contributed by atoms with Crippen LogP contribution in [0.2, 0.25) is 19.6 Å². The van der Waals surface area contributed by atoms with Crippen LogP contribution in [0.5, 0.6) is 0 Å². The van der Waals surface area contributed by atoms with Crippen LogP contribution < -0.4 is 0 Å². The van der Waals surface area contributed by atoms with E-state index in [9.17, 15) is 0 Å². The van der Waals surface area contributed by atoms with Crippen molar-refractivity contribution >= 4 is 8.32 Å². The predicted molar refractivity (Wildman–Crippen MR) is 135 cm³/mol. The largest absolute Gasteiger partial charge is 0.415 e. The molecule has 0 unspecified atom stereocenters. The van der Waals surface area contributed by atoms with Gasteiger partial charge in [0.05, 0.1) is 66.1 Å². The Morgan fingerprint density at radius 3 is 1.06 bits per heavy atom. The number of hydrogen-bond acceptors (Lipinski definition) is 6. The van der Waals surface area contributed by atoms with Crippen LogP contribution >= 0.6 is 0 Å². The number of rotatable bonds is 27. The first-order valence-corrected chi connectivity index (χ1v) is 16.5. The maximum Gasteiger partial charge on any atom is 0.183 e. The molecule has 0 aliphatic heterocycles. The van der Waals surface area contributed by atoms with E-state index in [1.165, 1.54) is 57.8 Å². The van der Waals surface area contributed by atoms with Crippen LogP contribution in [0.3, 0.4) is 0 Å². The zero-order chi connectivity index (χ0) is 23.6. The van der Waals surface area contributed by atoms with E-state index in [1.54, 1.807) is 0 Å². The molecular weight excluding hydrogens is 424 g/mol.